The summed E-state index contributed by atoms with van der Waals surface area (Å²) in [6.45, 7) is 0.378. The number of para-hydroxylation sites is 1. The Hall–Kier alpha value is -1.92. The lowest BCUT2D eigenvalue weighted by Gasteiger charge is -2.25. The third-order valence-corrected chi connectivity index (χ3v) is 4.14. The van der Waals surface area contributed by atoms with Gasteiger partial charge in [-0.2, -0.15) is 0 Å². The van der Waals surface area contributed by atoms with E-state index < -0.39 is 18.1 Å². The molecule has 21 heavy (non-hydrogen) atoms. The number of carboxylic acid groups (broad SMARTS) is 1. The summed E-state index contributed by atoms with van der Waals surface area (Å²) in [5.41, 5.74) is 7.11. The Morgan fingerprint density at radius 1 is 1.33 bits per heavy atom. The van der Waals surface area contributed by atoms with Gasteiger partial charge in [-0.15, -0.1) is 0 Å². The molecule has 1 aromatic rings. The highest BCUT2D eigenvalue weighted by Gasteiger charge is 2.42. The van der Waals surface area contributed by atoms with Crippen LogP contribution >= 0.6 is 0 Å². The van der Waals surface area contributed by atoms with Gasteiger partial charge < -0.3 is 15.6 Å². The molecule has 3 N–H and O–H groups in total. The lowest BCUT2D eigenvalue weighted by atomic mass is 10.1. The molecule has 6 heteroatoms. The molecule has 0 radical (unpaired) electrons. The van der Waals surface area contributed by atoms with Crippen molar-refractivity contribution in [3.05, 3.63) is 29.8 Å². The predicted octanol–water partition coefficient (Wildman–Crippen LogP) is 0.535. The summed E-state index contributed by atoms with van der Waals surface area (Å²) in [6, 6.07) is 6.45. The second-order valence-corrected chi connectivity index (χ2v) is 5.45. The van der Waals surface area contributed by atoms with Crippen LogP contribution in [0.2, 0.25) is 0 Å². The zero-order valence-corrected chi connectivity index (χ0v) is 11.6. The Bertz CT molecular complexity index is 575. The molecule has 6 nitrogen and oxygen atoms in total. The molecule has 0 bridgehead atoms. The van der Waals surface area contributed by atoms with Gasteiger partial charge in [0.25, 0.3) is 5.91 Å². The Morgan fingerprint density at radius 2 is 2.10 bits per heavy atom. The SMILES string of the molecule is NCC1CCC(C(=O)N2c3ccccc3C[C@H]2C(=O)O)O1. The predicted molar refractivity (Wildman–Crippen MR) is 76.0 cm³/mol. The van der Waals surface area contributed by atoms with E-state index in [0.29, 0.717) is 25.1 Å². The van der Waals surface area contributed by atoms with Crippen LogP contribution < -0.4 is 10.6 Å². The van der Waals surface area contributed by atoms with Gasteiger partial charge in [0, 0.05) is 18.7 Å². The van der Waals surface area contributed by atoms with Crippen LogP contribution in [0.5, 0.6) is 0 Å². The van der Waals surface area contributed by atoms with Gasteiger partial charge in [-0.1, -0.05) is 18.2 Å². The summed E-state index contributed by atoms with van der Waals surface area (Å²) in [7, 11) is 0. The number of benzene rings is 1. The van der Waals surface area contributed by atoms with Crippen molar-refractivity contribution < 1.29 is 19.4 Å². The van der Waals surface area contributed by atoms with Gasteiger partial charge in [0.2, 0.25) is 0 Å². The third-order valence-electron chi connectivity index (χ3n) is 4.14. The number of carbonyl (C=O) groups excluding carboxylic acids is 1. The minimum absolute atomic E-state index is 0.111. The number of ether oxygens (including phenoxy) is 1. The number of aliphatic carboxylic acids is 1. The smallest absolute Gasteiger partial charge is 0.327 e. The summed E-state index contributed by atoms with van der Waals surface area (Å²) in [4.78, 5) is 25.5. The largest absolute Gasteiger partial charge is 0.480 e. The normalized spacial score (nSPS) is 27.7. The van der Waals surface area contributed by atoms with Crippen LogP contribution in [-0.2, 0) is 20.7 Å². The number of rotatable bonds is 3. The molecule has 1 amide bonds. The number of carboxylic acids is 1. The number of nitrogens with two attached hydrogens (primary N) is 1. The van der Waals surface area contributed by atoms with Gasteiger partial charge >= 0.3 is 5.97 Å². The fraction of sp³-hybridized carbons (Fsp3) is 0.467. The number of anilines is 1. The molecule has 112 valence electrons. The van der Waals surface area contributed by atoms with Crippen LogP contribution in [0.3, 0.4) is 0 Å². The highest BCUT2D eigenvalue weighted by molar-refractivity contribution is 6.04. The molecular weight excluding hydrogens is 272 g/mol. The van der Waals surface area contributed by atoms with Crippen LogP contribution in [-0.4, -0.2) is 41.8 Å². The molecule has 1 saturated heterocycles. The van der Waals surface area contributed by atoms with Gasteiger partial charge in [0.05, 0.1) is 6.10 Å². The molecule has 1 fully saturated rings. The van der Waals surface area contributed by atoms with Crippen molar-refractivity contribution >= 4 is 17.6 Å². The van der Waals surface area contributed by atoms with E-state index in [1.54, 1.807) is 6.07 Å². The van der Waals surface area contributed by atoms with Crippen molar-refractivity contribution in [3.63, 3.8) is 0 Å². The van der Waals surface area contributed by atoms with Gasteiger partial charge in [0.1, 0.15) is 12.1 Å². The minimum atomic E-state index is -0.993. The van der Waals surface area contributed by atoms with E-state index in [9.17, 15) is 14.7 Å². The molecular formula is C15H18N2O4. The Kier molecular flexibility index (Phi) is 3.65. The lowest BCUT2D eigenvalue weighted by Crippen LogP contribution is -2.47. The maximum atomic E-state index is 12.7. The van der Waals surface area contributed by atoms with Crippen LogP contribution in [0.4, 0.5) is 5.69 Å². The van der Waals surface area contributed by atoms with Gasteiger partial charge in [-0.05, 0) is 24.5 Å². The number of nitrogens with zero attached hydrogens (tertiary/aromatic N) is 1. The number of amides is 1. The number of fused-ring (bicyclic) bond motifs is 1. The Labute approximate surface area is 122 Å². The fourth-order valence-corrected chi connectivity index (χ4v) is 3.07. The zero-order chi connectivity index (χ0) is 15.0. The van der Waals surface area contributed by atoms with E-state index in [4.69, 9.17) is 10.5 Å². The van der Waals surface area contributed by atoms with E-state index >= 15 is 0 Å². The van der Waals surface area contributed by atoms with E-state index in [0.717, 1.165) is 12.0 Å². The minimum Gasteiger partial charge on any atom is -0.480 e. The molecule has 1 aromatic carbocycles. The first kappa shape index (κ1) is 14.0. The van der Waals surface area contributed by atoms with Crippen LogP contribution in [0.1, 0.15) is 18.4 Å². The maximum Gasteiger partial charge on any atom is 0.327 e. The van der Waals surface area contributed by atoms with Crippen molar-refractivity contribution in [1.82, 2.24) is 0 Å². The van der Waals surface area contributed by atoms with Crippen molar-refractivity contribution in [2.75, 3.05) is 11.4 Å². The lowest BCUT2D eigenvalue weighted by molar-refractivity contribution is -0.141. The van der Waals surface area contributed by atoms with Gasteiger partial charge in [-0.3, -0.25) is 9.69 Å². The number of hydrogen-bond acceptors (Lipinski definition) is 4. The molecule has 3 rings (SSSR count). The summed E-state index contributed by atoms with van der Waals surface area (Å²) in [6.07, 6.45) is 0.961. The molecule has 2 unspecified atom stereocenters. The summed E-state index contributed by atoms with van der Waals surface area (Å²) < 4.78 is 5.62. The molecule has 0 saturated carbocycles. The third kappa shape index (κ3) is 2.41. The molecule has 2 heterocycles. The van der Waals surface area contributed by atoms with Gasteiger partial charge in [0.15, 0.2) is 0 Å². The highest BCUT2D eigenvalue weighted by Crippen LogP contribution is 2.34. The molecule has 0 aromatic heterocycles. The summed E-state index contributed by atoms with van der Waals surface area (Å²) in [5.74, 6) is -1.27. The second kappa shape index (κ2) is 5.46. The average molecular weight is 290 g/mol. The monoisotopic (exact) mass is 290 g/mol. The molecule has 0 aliphatic carbocycles. The topological polar surface area (TPSA) is 92.9 Å². The molecule has 0 spiro atoms. The first-order valence-corrected chi connectivity index (χ1v) is 7.11. The second-order valence-electron chi connectivity index (χ2n) is 5.45. The van der Waals surface area contributed by atoms with Crippen LogP contribution in [0.15, 0.2) is 24.3 Å². The first-order chi connectivity index (χ1) is 10.1. The van der Waals surface area contributed by atoms with Crippen molar-refractivity contribution in [3.8, 4) is 0 Å². The Balaban J connectivity index is 1.87. The first-order valence-electron chi connectivity index (χ1n) is 7.11. The highest BCUT2D eigenvalue weighted by atomic mass is 16.5. The van der Waals surface area contributed by atoms with E-state index in [2.05, 4.69) is 0 Å². The molecule has 3 atom stereocenters. The van der Waals surface area contributed by atoms with E-state index in [1.807, 2.05) is 18.2 Å². The van der Waals surface area contributed by atoms with E-state index in [-0.39, 0.29) is 12.0 Å². The fourth-order valence-electron chi connectivity index (χ4n) is 3.07. The zero-order valence-electron chi connectivity index (χ0n) is 11.6. The Morgan fingerprint density at radius 3 is 2.76 bits per heavy atom. The summed E-state index contributed by atoms with van der Waals surface area (Å²) >= 11 is 0. The quantitative estimate of drug-likeness (QED) is 0.847. The number of carbonyl (C=O) groups is 2. The number of hydrogen-bond donors (Lipinski definition) is 2. The molecule has 2 aliphatic rings. The summed E-state index contributed by atoms with van der Waals surface area (Å²) in [5, 5.41) is 9.39. The van der Waals surface area contributed by atoms with Crippen LogP contribution in [0.25, 0.3) is 0 Å². The van der Waals surface area contributed by atoms with E-state index in [1.165, 1.54) is 4.90 Å². The maximum absolute atomic E-state index is 12.7. The standard InChI is InChI=1S/C15H18N2O4/c16-8-10-5-6-13(21-10)14(18)17-11-4-2-1-3-9(11)7-12(17)15(19)20/h1-4,10,12-13H,5-8,16H2,(H,19,20)/t10?,12-,13?/m0/s1. The van der Waals surface area contributed by atoms with Crippen LogP contribution in [0, 0.1) is 0 Å². The molecule has 2 aliphatic heterocycles. The van der Waals surface area contributed by atoms with Crippen molar-refractivity contribution in [2.24, 2.45) is 5.73 Å². The van der Waals surface area contributed by atoms with Crippen molar-refractivity contribution in [2.45, 2.75) is 37.5 Å². The van der Waals surface area contributed by atoms with Crippen molar-refractivity contribution in [1.29, 1.82) is 0 Å². The van der Waals surface area contributed by atoms with Gasteiger partial charge in [-0.25, -0.2) is 4.79 Å². The average Bonchev–Trinajstić information content (AvgIpc) is 3.11.